The Hall–Kier alpha value is -2.30. The molecule has 0 unspecified atom stereocenters. The Labute approximate surface area is 117 Å². The summed E-state index contributed by atoms with van der Waals surface area (Å²) in [4.78, 5) is 15.8. The third-order valence-electron chi connectivity index (χ3n) is 2.88. The third kappa shape index (κ3) is 2.99. The molecule has 0 aliphatic heterocycles. The van der Waals surface area contributed by atoms with Gasteiger partial charge in [0.2, 0.25) is 0 Å². The number of pyridine rings is 1. The predicted molar refractivity (Wildman–Crippen MR) is 78.2 cm³/mol. The molecule has 0 saturated carbocycles. The number of carbonyl (C=O) groups is 1. The van der Waals surface area contributed by atoms with Gasteiger partial charge in [-0.1, -0.05) is 12.1 Å². The molecule has 106 valence electrons. The first-order valence-electron chi connectivity index (χ1n) is 6.49. The van der Waals surface area contributed by atoms with Gasteiger partial charge >= 0.3 is 5.97 Å². The molecular weight excluding hydrogens is 256 g/mol. The van der Waals surface area contributed by atoms with E-state index in [-0.39, 0.29) is 12.5 Å². The smallest absolute Gasteiger partial charge is 0.325 e. The fraction of sp³-hybridized carbons (Fsp3) is 0.333. The van der Waals surface area contributed by atoms with Crippen molar-refractivity contribution in [2.24, 2.45) is 0 Å². The fourth-order valence-corrected chi connectivity index (χ4v) is 2.01. The van der Waals surface area contributed by atoms with Crippen molar-refractivity contribution >= 4 is 22.6 Å². The van der Waals surface area contributed by atoms with Crippen molar-refractivity contribution < 1.29 is 14.3 Å². The van der Waals surface area contributed by atoms with Crippen LogP contribution in [0.4, 0.5) is 5.69 Å². The first-order valence-corrected chi connectivity index (χ1v) is 6.49. The second-order valence-corrected chi connectivity index (χ2v) is 4.33. The first kappa shape index (κ1) is 14.1. The van der Waals surface area contributed by atoms with E-state index in [2.05, 4.69) is 15.0 Å². The lowest BCUT2D eigenvalue weighted by molar-refractivity contribution is -0.138. The van der Waals surface area contributed by atoms with Crippen molar-refractivity contribution in [3.8, 4) is 5.75 Å². The van der Waals surface area contributed by atoms with Gasteiger partial charge in [0.05, 0.1) is 13.7 Å². The Bertz CT molecular complexity index is 626. The van der Waals surface area contributed by atoms with Gasteiger partial charge in [-0.2, -0.15) is 0 Å². The Morgan fingerprint density at radius 1 is 1.40 bits per heavy atom. The van der Waals surface area contributed by atoms with Crippen molar-refractivity contribution in [2.45, 2.75) is 13.8 Å². The highest BCUT2D eigenvalue weighted by atomic mass is 16.5. The average molecular weight is 274 g/mol. The normalized spacial score (nSPS) is 10.3. The molecular formula is C15H18N2O3. The molecule has 2 rings (SSSR count). The number of esters is 1. The largest absolute Gasteiger partial charge is 0.492 e. The number of carbonyl (C=O) groups excluding carboxylic acids is 1. The first-order chi connectivity index (χ1) is 9.65. The molecule has 20 heavy (non-hydrogen) atoms. The number of benzene rings is 1. The number of para-hydroxylation sites is 1. The van der Waals surface area contributed by atoms with E-state index in [0.717, 1.165) is 28.0 Å². The van der Waals surface area contributed by atoms with E-state index in [1.807, 2.05) is 38.1 Å². The van der Waals surface area contributed by atoms with Crippen LogP contribution in [-0.2, 0) is 9.53 Å². The quantitative estimate of drug-likeness (QED) is 0.849. The molecule has 0 spiro atoms. The molecule has 0 radical (unpaired) electrons. The number of fused-ring (bicyclic) bond motifs is 1. The van der Waals surface area contributed by atoms with Crippen LogP contribution >= 0.6 is 0 Å². The summed E-state index contributed by atoms with van der Waals surface area (Å²) in [5.74, 6) is 0.434. The van der Waals surface area contributed by atoms with Crippen LogP contribution in [-0.4, -0.2) is 31.2 Å². The number of aryl methyl sites for hydroxylation is 1. The minimum Gasteiger partial charge on any atom is -0.492 e. The van der Waals surface area contributed by atoms with E-state index >= 15 is 0 Å². The van der Waals surface area contributed by atoms with Crippen molar-refractivity contribution in [1.82, 2.24) is 4.98 Å². The average Bonchev–Trinajstić information content (AvgIpc) is 2.45. The van der Waals surface area contributed by atoms with E-state index < -0.39 is 0 Å². The van der Waals surface area contributed by atoms with Crippen LogP contribution in [0.5, 0.6) is 5.75 Å². The SMILES string of the molecule is CCOc1cccc2c(NCC(=O)OC)cc(C)nc12. The zero-order valence-corrected chi connectivity index (χ0v) is 11.9. The van der Waals surface area contributed by atoms with Gasteiger partial charge in [0.15, 0.2) is 0 Å². The third-order valence-corrected chi connectivity index (χ3v) is 2.88. The monoisotopic (exact) mass is 274 g/mol. The maximum absolute atomic E-state index is 11.3. The lowest BCUT2D eigenvalue weighted by Gasteiger charge is -2.12. The molecule has 0 saturated heterocycles. The van der Waals surface area contributed by atoms with E-state index in [4.69, 9.17) is 4.74 Å². The summed E-state index contributed by atoms with van der Waals surface area (Å²) in [5, 5.41) is 4.00. The van der Waals surface area contributed by atoms with Crippen LogP contribution in [0.15, 0.2) is 24.3 Å². The number of ether oxygens (including phenoxy) is 2. The maximum atomic E-state index is 11.3. The molecule has 0 bridgehead atoms. The highest BCUT2D eigenvalue weighted by Crippen LogP contribution is 2.29. The number of nitrogens with zero attached hydrogens (tertiary/aromatic N) is 1. The number of hydrogen-bond donors (Lipinski definition) is 1. The van der Waals surface area contributed by atoms with Crippen molar-refractivity contribution in [3.63, 3.8) is 0 Å². The van der Waals surface area contributed by atoms with Crippen molar-refractivity contribution in [3.05, 3.63) is 30.0 Å². The maximum Gasteiger partial charge on any atom is 0.325 e. The molecule has 0 amide bonds. The van der Waals surface area contributed by atoms with E-state index in [1.165, 1.54) is 7.11 Å². The molecule has 0 aliphatic carbocycles. The number of hydrogen-bond acceptors (Lipinski definition) is 5. The zero-order valence-electron chi connectivity index (χ0n) is 11.9. The van der Waals surface area contributed by atoms with Gasteiger partial charge in [-0.25, -0.2) is 4.98 Å². The Kier molecular flexibility index (Phi) is 4.40. The number of methoxy groups -OCH3 is 1. The Morgan fingerprint density at radius 2 is 2.20 bits per heavy atom. The van der Waals surface area contributed by atoms with Crippen LogP contribution in [0, 0.1) is 6.92 Å². The van der Waals surface area contributed by atoms with Crippen LogP contribution in [0.3, 0.4) is 0 Å². The van der Waals surface area contributed by atoms with Crippen molar-refractivity contribution in [1.29, 1.82) is 0 Å². The van der Waals surface area contributed by atoms with Gasteiger partial charge in [-0.15, -0.1) is 0 Å². The van der Waals surface area contributed by atoms with Crippen LogP contribution < -0.4 is 10.1 Å². The van der Waals surface area contributed by atoms with Gasteiger partial charge in [-0.3, -0.25) is 4.79 Å². The summed E-state index contributed by atoms with van der Waals surface area (Å²) in [7, 11) is 1.37. The Balaban J connectivity index is 2.43. The summed E-state index contributed by atoms with van der Waals surface area (Å²) < 4.78 is 10.2. The second-order valence-electron chi connectivity index (χ2n) is 4.33. The molecule has 5 nitrogen and oxygen atoms in total. The highest BCUT2D eigenvalue weighted by Gasteiger charge is 2.09. The number of rotatable bonds is 5. The number of aromatic nitrogens is 1. The highest BCUT2D eigenvalue weighted by molar-refractivity contribution is 5.96. The zero-order chi connectivity index (χ0) is 14.5. The Morgan fingerprint density at radius 3 is 2.90 bits per heavy atom. The van der Waals surface area contributed by atoms with Gasteiger partial charge in [0.25, 0.3) is 0 Å². The van der Waals surface area contributed by atoms with Crippen LogP contribution in [0.1, 0.15) is 12.6 Å². The lowest BCUT2D eigenvalue weighted by Crippen LogP contribution is -2.15. The number of nitrogens with one attached hydrogen (secondary N) is 1. The summed E-state index contributed by atoms with van der Waals surface area (Å²) in [5.41, 5.74) is 2.50. The molecule has 0 fully saturated rings. The van der Waals surface area contributed by atoms with E-state index in [0.29, 0.717) is 6.61 Å². The van der Waals surface area contributed by atoms with Crippen LogP contribution in [0.25, 0.3) is 10.9 Å². The molecule has 0 atom stereocenters. The van der Waals surface area contributed by atoms with Crippen molar-refractivity contribution in [2.75, 3.05) is 25.6 Å². The van der Waals surface area contributed by atoms with E-state index in [1.54, 1.807) is 0 Å². The molecule has 2 aromatic rings. The van der Waals surface area contributed by atoms with E-state index in [9.17, 15) is 4.79 Å². The minimum absolute atomic E-state index is 0.119. The summed E-state index contributed by atoms with van der Waals surface area (Å²) >= 11 is 0. The topological polar surface area (TPSA) is 60.5 Å². The minimum atomic E-state index is -0.312. The molecule has 5 heteroatoms. The van der Waals surface area contributed by atoms with Gasteiger partial charge in [0.1, 0.15) is 17.8 Å². The van der Waals surface area contributed by atoms with Gasteiger partial charge in [0, 0.05) is 16.8 Å². The predicted octanol–water partition coefficient (Wildman–Crippen LogP) is 2.53. The summed E-state index contributed by atoms with van der Waals surface area (Å²) in [6, 6.07) is 7.65. The second kappa shape index (κ2) is 6.23. The molecule has 1 aromatic heterocycles. The summed E-state index contributed by atoms with van der Waals surface area (Å²) in [6.45, 7) is 4.55. The summed E-state index contributed by atoms with van der Waals surface area (Å²) in [6.07, 6.45) is 0. The van der Waals surface area contributed by atoms with Gasteiger partial charge in [-0.05, 0) is 26.0 Å². The standard InChI is InChI=1S/C15H18N2O3/c1-4-20-13-7-5-6-11-12(16-9-14(18)19-3)8-10(2)17-15(11)13/h5-8H,4,9H2,1-3H3,(H,16,17). The molecule has 1 N–H and O–H groups in total. The molecule has 0 aliphatic rings. The van der Waals surface area contributed by atoms with Crippen LogP contribution in [0.2, 0.25) is 0 Å². The molecule has 1 heterocycles. The lowest BCUT2D eigenvalue weighted by atomic mass is 10.1. The fourth-order valence-electron chi connectivity index (χ4n) is 2.01. The van der Waals surface area contributed by atoms with Gasteiger partial charge < -0.3 is 14.8 Å². The number of anilines is 1. The molecule has 1 aromatic carbocycles.